The fourth-order valence-corrected chi connectivity index (χ4v) is 3.41. The van der Waals surface area contributed by atoms with Crippen LogP contribution in [0.4, 0.5) is 22.7 Å². The van der Waals surface area contributed by atoms with Gasteiger partial charge in [-0.3, -0.25) is 9.69 Å². The Morgan fingerprint density at radius 3 is 2.29 bits per heavy atom. The minimum Gasteiger partial charge on any atom is -0.378 e. The zero-order valence-corrected chi connectivity index (χ0v) is 15.1. The predicted molar refractivity (Wildman–Crippen MR) is 102 cm³/mol. The molecule has 1 heterocycles. The summed E-state index contributed by atoms with van der Waals surface area (Å²) in [5.74, 6) is 0.0474. The third kappa shape index (κ3) is 2.73. The molecule has 0 saturated carbocycles. The molecule has 1 aliphatic heterocycles. The van der Waals surface area contributed by atoms with Crippen LogP contribution in [0.5, 0.6) is 0 Å². The number of rotatable bonds is 2. The first-order chi connectivity index (χ1) is 11.4. The van der Waals surface area contributed by atoms with Crippen molar-refractivity contribution in [3.8, 4) is 0 Å². The Balaban J connectivity index is 2.31. The van der Waals surface area contributed by atoms with E-state index in [-0.39, 0.29) is 5.91 Å². The van der Waals surface area contributed by atoms with Crippen LogP contribution in [-0.2, 0) is 17.6 Å². The Hall–Kier alpha value is -2.49. The molecule has 0 radical (unpaired) electrons. The molecule has 0 bridgehead atoms. The average Bonchev–Trinajstić information content (AvgIpc) is 2.70. The molecule has 1 amide bonds. The van der Waals surface area contributed by atoms with Crippen molar-refractivity contribution in [2.75, 3.05) is 42.9 Å². The van der Waals surface area contributed by atoms with Crippen molar-refractivity contribution in [3.05, 3.63) is 47.5 Å². The van der Waals surface area contributed by atoms with Crippen LogP contribution in [0.2, 0.25) is 0 Å². The lowest BCUT2D eigenvalue weighted by molar-refractivity contribution is -0.115. The summed E-state index contributed by atoms with van der Waals surface area (Å²) in [6.07, 6.45) is 1.87. The minimum absolute atomic E-state index is 0.0474. The van der Waals surface area contributed by atoms with Gasteiger partial charge in [-0.15, -0.1) is 0 Å². The Morgan fingerprint density at radius 2 is 1.67 bits per heavy atom. The van der Waals surface area contributed by atoms with Crippen molar-refractivity contribution < 1.29 is 4.79 Å². The summed E-state index contributed by atoms with van der Waals surface area (Å²) < 4.78 is 0. The quantitative estimate of drug-likeness (QED) is 0.845. The standard InChI is InChI=1S/C20H25N3O/c1-14(24)23-18-9-7-6-8-15(18)10-11-17-19(22(4)5)12-16(21(2)3)13-20(17)23/h6-9,12-13H,10-11H2,1-5H3. The summed E-state index contributed by atoms with van der Waals surface area (Å²) >= 11 is 0. The van der Waals surface area contributed by atoms with Gasteiger partial charge < -0.3 is 9.80 Å². The van der Waals surface area contributed by atoms with Crippen LogP contribution < -0.4 is 14.7 Å². The smallest absolute Gasteiger partial charge is 0.228 e. The van der Waals surface area contributed by atoms with Gasteiger partial charge in [0.2, 0.25) is 5.91 Å². The van der Waals surface area contributed by atoms with E-state index < -0.39 is 0 Å². The molecule has 2 aromatic rings. The molecule has 2 aromatic carbocycles. The van der Waals surface area contributed by atoms with E-state index in [2.05, 4.69) is 42.1 Å². The minimum atomic E-state index is 0.0474. The maximum absolute atomic E-state index is 12.5. The van der Waals surface area contributed by atoms with Gasteiger partial charge in [-0.2, -0.15) is 0 Å². The lowest BCUT2D eigenvalue weighted by Gasteiger charge is -2.28. The van der Waals surface area contributed by atoms with Gasteiger partial charge in [-0.25, -0.2) is 0 Å². The van der Waals surface area contributed by atoms with E-state index in [1.807, 2.05) is 37.2 Å². The van der Waals surface area contributed by atoms with Gasteiger partial charge >= 0.3 is 0 Å². The Bertz CT molecular complexity index is 780. The first-order valence-electron chi connectivity index (χ1n) is 8.30. The topological polar surface area (TPSA) is 26.8 Å². The number of para-hydroxylation sites is 1. The van der Waals surface area contributed by atoms with Gasteiger partial charge in [-0.1, -0.05) is 18.2 Å². The molecule has 4 nitrogen and oxygen atoms in total. The Labute approximate surface area is 144 Å². The number of nitrogens with zero attached hydrogens (tertiary/aromatic N) is 3. The van der Waals surface area contributed by atoms with Crippen molar-refractivity contribution in [3.63, 3.8) is 0 Å². The summed E-state index contributed by atoms with van der Waals surface area (Å²) in [6, 6.07) is 12.6. The predicted octanol–water partition coefficient (Wildman–Crippen LogP) is 3.60. The molecule has 0 unspecified atom stereocenters. The molecule has 0 atom stereocenters. The van der Waals surface area contributed by atoms with Crippen LogP contribution in [0.1, 0.15) is 18.1 Å². The van der Waals surface area contributed by atoms with Crippen molar-refractivity contribution in [2.45, 2.75) is 19.8 Å². The first-order valence-corrected chi connectivity index (χ1v) is 8.30. The molecule has 0 N–H and O–H groups in total. The number of carbonyl (C=O) groups is 1. The van der Waals surface area contributed by atoms with Gasteiger partial charge in [0.25, 0.3) is 0 Å². The third-order valence-electron chi connectivity index (χ3n) is 4.62. The van der Waals surface area contributed by atoms with E-state index in [4.69, 9.17) is 0 Å². The number of hydrogen-bond donors (Lipinski definition) is 0. The Morgan fingerprint density at radius 1 is 0.958 bits per heavy atom. The maximum Gasteiger partial charge on any atom is 0.228 e. The number of hydrogen-bond acceptors (Lipinski definition) is 3. The molecular formula is C20H25N3O. The molecule has 0 fully saturated rings. The molecule has 0 spiro atoms. The summed E-state index contributed by atoms with van der Waals surface area (Å²) in [7, 11) is 8.18. The molecule has 0 aromatic heterocycles. The van der Waals surface area contributed by atoms with Crippen LogP contribution in [0.15, 0.2) is 36.4 Å². The molecule has 0 aliphatic carbocycles. The van der Waals surface area contributed by atoms with E-state index in [9.17, 15) is 4.79 Å². The molecule has 4 heteroatoms. The van der Waals surface area contributed by atoms with Gasteiger partial charge in [0, 0.05) is 52.1 Å². The number of benzene rings is 2. The van der Waals surface area contributed by atoms with Gasteiger partial charge in [0.05, 0.1) is 11.4 Å². The number of aryl methyl sites for hydroxylation is 1. The molecular weight excluding hydrogens is 298 g/mol. The highest BCUT2D eigenvalue weighted by Crippen LogP contribution is 2.42. The van der Waals surface area contributed by atoms with Crippen LogP contribution in [-0.4, -0.2) is 34.1 Å². The van der Waals surface area contributed by atoms with Crippen LogP contribution in [0.25, 0.3) is 0 Å². The fraction of sp³-hybridized carbons (Fsp3) is 0.350. The van der Waals surface area contributed by atoms with Crippen molar-refractivity contribution in [2.24, 2.45) is 0 Å². The normalized spacial score (nSPS) is 13.0. The SMILES string of the molecule is CC(=O)N1c2ccccc2CCc2c(N(C)C)cc(N(C)C)cc21. The van der Waals surface area contributed by atoms with Gasteiger partial charge in [0.1, 0.15) is 0 Å². The number of carbonyl (C=O) groups excluding carboxylic acids is 1. The highest BCUT2D eigenvalue weighted by Gasteiger charge is 2.26. The average molecular weight is 323 g/mol. The summed E-state index contributed by atoms with van der Waals surface area (Å²) in [6.45, 7) is 1.64. The summed E-state index contributed by atoms with van der Waals surface area (Å²) in [4.78, 5) is 18.6. The number of anilines is 4. The van der Waals surface area contributed by atoms with E-state index >= 15 is 0 Å². The van der Waals surface area contributed by atoms with Crippen LogP contribution in [0, 0.1) is 0 Å². The maximum atomic E-state index is 12.5. The fourth-order valence-electron chi connectivity index (χ4n) is 3.41. The van der Waals surface area contributed by atoms with Gasteiger partial charge in [-0.05, 0) is 36.6 Å². The van der Waals surface area contributed by atoms with Crippen LogP contribution in [0.3, 0.4) is 0 Å². The largest absolute Gasteiger partial charge is 0.378 e. The highest BCUT2D eigenvalue weighted by molar-refractivity contribution is 6.02. The number of amides is 1. The highest BCUT2D eigenvalue weighted by atomic mass is 16.2. The second-order valence-corrected chi connectivity index (χ2v) is 6.73. The second kappa shape index (κ2) is 6.19. The van der Waals surface area contributed by atoms with Crippen molar-refractivity contribution in [1.82, 2.24) is 0 Å². The van der Waals surface area contributed by atoms with E-state index in [0.717, 1.165) is 29.9 Å². The van der Waals surface area contributed by atoms with E-state index in [0.29, 0.717) is 0 Å². The van der Waals surface area contributed by atoms with Crippen LogP contribution >= 0.6 is 0 Å². The number of fused-ring (bicyclic) bond motifs is 2. The molecule has 24 heavy (non-hydrogen) atoms. The second-order valence-electron chi connectivity index (χ2n) is 6.73. The molecule has 3 rings (SSSR count). The molecule has 1 aliphatic rings. The van der Waals surface area contributed by atoms with Crippen molar-refractivity contribution >= 4 is 28.7 Å². The summed E-state index contributed by atoms with van der Waals surface area (Å²) in [5.41, 5.74) is 6.74. The van der Waals surface area contributed by atoms with E-state index in [1.54, 1.807) is 6.92 Å². The zero-order chi connectivity index (χ0) is 17.4. The molecule has 126 valence electrons. The zero-order valence-electron chi connectivity index (χ0n) is 15.1. The molecule has 0 saturated heterocycles. The van der Waals surface area contributed by atoms with Crippen molar-refractivity contribution in [1.29, 1.82) is 0 Å². The summed E-state index contributed by atoms with van der Waals surface area (Å²) in [5, 5.41) is 0. The lowest BCUT2D eigenvalue weighted by atomic mass is 10.0. The van der Waals surface area contributed by atoms with E-state index in [1.165, 1.54) is 16.8 Å². The third-order valence-corrected chi connectivity index (χ3v) is 4.62. The lowest BCUT2D eigenvalue weighted by Crippen LogP contribution is -2.25. The first kappa shape index (κ1) is 16.4. The Kier molecular flexibility index (Phi) is 4.22. The van der Waals surface area contributed by atoms with Gasteiger partial charge in [0.15, 0.2) is 0 Å². The monoisotopic (exact) mass is 323 g/mol.